The molecule has 0 spiro atoms. The third-order valence-corrected chi connectivity index (χ3v) is 2.77. The Balaban J connectivity index is 2.66. The van der Waals surface area contributed by atoms with E-state index in [4.69, 9.17) is 4.42 Å². The van der Waals surface area contributed by atoms with Crippen LogP contribution in [0.1, 0.15) is 0 Å². The maximum absolute atomic E-state index is 13.2. The molecule has 18 heavy (non-hydrogen) atoms. The number of fused-ring (bicyclic) bond motifs is 2. The molecule has 2 aromatic carbocycles. The molecule has 0 atom stereocenters. The Bertz CT molecular complexity index is 836. The van der Waals surface area contributed by atoms with E-state index in [1.807, 2.05) is 0 Å². The Hall–Kier alpha value is -2.56. The number of hydrogen-bond donors (Lipinski definition) is 2. The number of aromatic hydroxyl groups is 2. The molecule has 3 rings (SSSR count). The lowest BCUT2D eigenvalue weighted by atomic mass is 10.1. The third-order valence-electron chi connectivity index (χ3n) is 2.77. The summed E-state index contributed by atoms with van der Waals surface area (Å²) in [5.41, 5.74) is -0.776. The summed E-state index contributed by atoms with van der Waals surface area (Å²) in [4.78, 5) is 12.1. The summed E-state index contributed by atoms with van der Waals surface area (Å²) in [5.74, 6) is -1.87. The number of phenols is 2. The molecule has 0 bridgehead atoms. The molecule has 0 fully saturated rings. The molecule has 5 heteroatoms. The van der Waals surface area contributed by atoms with E-state index < -0.39 is 17.0 Å². The topological polar surface area (TPSA) is 70.7 Å². The zero-order valence-electron chi connectivity index (χ0n) is 8.98. The van der Waals surface area contributed by atoms with Crippen molar-refractivity contribution in [2.24, 2.45) is 0 Å². The molecular weight excluding hydrogens is 239 g/mol. The van der Waals surface area contributed by atoms with Crippen LogP contribution in [0, 0.1) is 5.82 Å². The van der Waals surface area contributed by atoms with Gasteiger partial charge >= 0.3 is 0 Å². The summed E-state index contributed by atoms with van der Waals surface area (Å²) >= 11 is 0. The molecule has 0 aliphatic rings. The number of para-hydroxylation sites is 1. The number of benzene rings is 2. The first-order valence-electron chi connectivity index (χ1n) is 5.15. The maximum Gasteiger partial charge on any atom is 0.200 e. The highest BCUT2D eigenvalue weighted by Gasteiger charge is 2.15. The van der Waals surface area contributed by atoms with Crippen molar-refractivity contribution in [2.75, 3.05) is 0 Å². The molecule has 0 radical (unpaired) electrons. The minimum absolute atomic E-state index is 0.0620. The normalized spacial score (nSPS) is 11.2. The first kappa shape index (κ1) is 10.6. The van der Waals surface area contributed by atoms with Gasteiger partial charge in [0.25, 0.3) is 0 Å². The van der Waals surface area contributed by atoms with Crippen molar-refractivity contribution < 1.29 is 19.0 Å². The number of halogens is 1. The van der Waals surface area contributed by atoms with Crippen LogP contribution in [-0.2, 0) is 0 Å². The van der Waals surface area contributed by atoms with Crippen LogP contribution in [0.2, 0.25) is 0 Å². The van der Waals surface area contributed by atoms with E-state index in [0.29, 0.717) is 0 Å². The van der Waals surface area contributed by atoms with Crippen LogP contribution in [-0.4, -0.2) is 10.2 Å². The van der Waals surface area contributed by atoms with Crippen molar-refractivity contribution in [1.29, 1.82) is 0 Å². The van der Waals surface area contributed by atoms with Gasteiger partial charge in [-0.15, -0.1) is 0 Å². The molecular formula is C13H7FO4. The van der Waals surface area contributed by atoms with Gasteiger partial charge in [-0.2, -0.15) is 0 Å². The minimum Gasteiger partial charge on any atom is -0.504 e. The zero-order chi connectivity index (χ0) is 12.9. The number of phenolic OH excluding ortho intramolecular Hbond substituents is 2. The monoisotopic (exact) mass is 246 g/mol. The lowest BCUT2D eigenvalue weighted by Gasteiger charge is -2.04. The van der Waals surface area contributed by atoms with Gasteiger partial charge in [0.15, 0.2) is 28.5 Å². The Morgan fingerprint density at radius 1 is 1.00 bits per heavy atom. The highest BCUT2D eigenvalue weighted by Crippen LogP contribution is 2.31. The van der Waals surface area contributed by atoms with E-state index >= 15 is 0 Å². The standard InChI is InChI=1S/C13H7FO4/c14-8-5-4-7-10(16)6-2-1-3-9(15)12(6)18-13(7)11(8)17/h1-5,15,17H. The zero-order valence-corrected chi connectivity index (χ0v) is 8.98. The molecule has 4 nitrogen and oxygen atoms in total. The van der Waals surface area contributed by atoms with Crippen LogP contribution in [0.4, 0.5) is 4.39 Å². The predicted octanol–water partition coefficient (Wildman–Crippen LogP) is 2.50. The average molecular weight is 246 g/mol. The molecule has 0 amide bonds. The highest BCUT2D eigenvalue weighted by atomic mass is 19.1. The van der Waals surface area contributed by atoms with Gasteiger partial charge in [0.05, 0.1) is 10.8 Å². The fourth-order valence-electron chi connectivity index (χ4n) is 1.89. The fourth-order valence-corrected chi connectivity index (χ4v) is 1.89. The number of hydrogen-bond acceptors (Lipinski definition) is 4. The van der Waals surface area contributed by atoms with Crippen molar-refractivity contribution in [1.82, 2.24) is 0 Å². The van der Waals surface area contributed by atoms with Crippen LogP contribution >= 0.6 is 0 Å². The first-order valence-corrected chi connectivity index (χ1v) is 5.15. The Kier molecular flexibility index (Phi) is 2.04. The smallest absolute Gasteiger partial charge is 0.200 e. The minimum atomic E-state index is -0.888. The first-order chi connectivity index (χ1) is 8.59. The maximum atomic E-state index is 13.2. The Labute approximate surface area is 99.5 Å². The van der Waals surface area contributed by atoms with Crippen molar-refractivity contribution >= 4 is 21.9 Å². The second-order valence-corrected chi connectivity index (χ2v) is 3.86. The van der Waals surface area contributed by atoms with Gasteiger partial charge in [-0.3, -0.25) is 4.79 Å². The van der Waals surface area contributed by atoms with E-state index in [-0.39, 0.29) is 27.7 Å². The van der Waals surface area contributed by atoms with Gasteiger partial charge in [0.1, 0.15) is 0 Å². The van der Waals surface area contributed by atoms with Crippen molar-refractivity contribution in [3.63, 3.8) is 0 Å². The molecule has 2 N–H and O–H groups in total. The predicted molar refractivity (Wildman–Crippen MR) is 63.3 cm³/mol. The quantitative estimate of drug-likeness (QED) is 0.598. The van der Waals surface area contributed by atoms with E-state index in [2.05, 4.69) is 0 Å². The van der Waals surface area contributed by atoms with Gasteiger partial charge in [0, 0.05) is 0 Å². The summed E-state index contributed by atoms with van der Waals surface area (Å²) in [6.45, 7) is 0. The molecule has 0 saturated heterocycles. The van der Waals surface area contributed by atoms with Crippen LogP contribution in [0.15, 0.2) is 39.5 Å². The average Bonchev–Trinajstić information content (AvgIpc) is 2.36. The highest BCUT2D eigenvalue weighted by molar-refractivity contribution is 5.94. The molecule has 0 aliphatic heterocycles. The third kappa shape index (κ3) is 1.27. The molecule has 0 unspecified atom stereocenters. The van der Waals surface area contributed by atoms with Gasteiger partial charge < -0.3 is 14.6 Å². The van der Waals surface area contributed by atoms with Crippen LogP contribution in [0.5, 0.6) is 11.5 Å². The molecule has 1 heterocycles. The van der Waals surface area contributed by atoms with E-state index in [0.717, 1.165) is 6.07 Å². The molecule has 0 saturated carbocycles. The fraction of sp³-hybridized carbons (Fsp3) is 0. The Morgan fingerprint density at radius 2 is 1.72 bits per heavy atom. The van der Waals surface area contributed by atoms with E-state index in [1.165, 1.54) is 24.3 Å². The molecule has 3 aromatic rings. The van der Waals surface area contributed by atoms with Gasteiger partial charge in [-0.05, 0) is 24.3 Å². The van der Waals surface area contributed by atoms with Crippen molar-refractivity contribution in [3.8, 4) is 11.5 Å². The molecule has 90 valence electrons. The van der Waals surface area contributed by atoms with Gasteiger partial charge in [-0.1, -0.05) is 6.07 Å². The van der Waals surface area contributed by atoms with Gasteiger partial charge in [-0.25, -0.2) is 4.39 Å². The van der Waals surface area contributed by atoms with E-state index in [9.17, 15) is 19.4 Å². The van der Waals surface area contributed by atoms with Crippen LogP contribution < -0.4 is 5.43 Å². The second kappa shape index (κ2) is 3.46. The van der Waals surface area contributed by atoms with Crippen molar-refractivity contribution in [2.45, 2.75) is 0 Å². The van der Waals surface area contributed by atoms with Crippen LogP contribution in [0.3, 0.4) is 0 Å². The lowest BCUT2D eigenvalue weighted by molar-refractivity contribution is 0.425. The Morgan fingerprint density at radius 3 is 2.50 bits per heavy atom. The lowest BCUT2D eigenvalue weighted by Crippen LogP contribution is -2.02. The second-order valence-electron chi connectivity index (χ2n) is 3.86. The number of rotatable bonds is 0. The molecule has 0 aliphatic carbocycles. The SMILES string of the molecule is O=c1c2cccc(O)c2oc2c(O)c(F)ccc12. The summed E-state index contributed by atoms with van der Waals surface area (Å²) in [7, 11) is 0. The largest absolute Gasteiger partial charge is 0.504 e. The van der Waals surface area contributed by atoms with Gasteiger partial charge in [0.2, 0.25) is 5.43 Å². The summed E-state index contributed by atoms with van der Waals surface area (Å²) in [5, 5.41) is 19.4. The van der Waals surface area contributed by atoms with Crippen molar-refractivity contribution in [3.05, 3.63) is 46.4 Å². The summed E-state index contributed by atoms with van der Waals surface area (Å²) in [6.07, 6.45) is 0. The molecule has 1 aromatic heterocycles. The van der Waals surface area contributed by atoms with Crippen LogP contribution in [0.25, 0.3) is 21.9 Å². The van der Waals surface area contributed by atoms with E-state index in [1.54, 1.807) is 0 Å². The summed E-state index contributed by atoms with van der Waals surface area (Å²) < 4.78 is 18.4. The summed E-state index contributed by atoms with van der Waals surface area (Å²) in [6, 6.07) is 6.56.